The van der Waals surface area contributed by atoms with Crippen molar-refractivity contribution in [3.05, 3.63) is 34.9 Å². The third kappa shape index (κ3) is 4.78. The zero-order valence-electron chi connectivity index (χ0n) is 11.4. The summed E-state index contributed by atoms with van der Waals surface area (Å²) < 4.78 is 0. The van der Waals surface area contributed by atoms with Gasteiger partial charge in [0.25, 0.3) is 0 Å². The molecule has 20 heavy (non-hydrogen) atoms. The van der Waals surface area contributed by atoms with Gasteiger partial charge >= 0.3 is 0 Å². The second-order valence-corrected chi connectivity index (χ2v) is 5.65. The summed E-state index contributed by atoms with van der Waals surface area (Å²) in [6.45, 7) is 1.39. The van der Waals surface area contributed by atoms with Crippen LogP contribution in [-0.2, 0) is 11.2 Å². The van der Waals surface area contributed by atoms with Crippen molar-refractivity contribution in [3.8, 4) is 0 Å². The van der Waals surface area contributed by atoms with Gasteiger partial charge in [0.15, 0.2) is 0 Å². The largest absolute Gasteiger partial charge is 0.390 e. The summed E-state index contributed by atoms with van der Waals surface area (Å²) in [4.78, 5) is 11.8. The highest BCUT2D eigenvalue weighted by Crippen LogP contribution is 2.12. The maximum atomic E-state index is 11.8. The summed E-state index contributed by atoms with van der Waals surface area (Å²) in [5, 5.41) is 16.5. The minimum atomic E-state index is -0.482. The first-order valence-corrected chi connectivity index (χ1v) is 7.45. The van der Waals surface area contributed by atoms with Gasteiger partial charge in [0.1, 0.15) is 0 Å². The Morgan fingerprint density at radius 2 is 2.15 bits per heavy atom. The molecule has 5 heteroatoms. The standard InChI is InChI=1S/C15H21ClN2O2/c16-12-6-4-11(5-7-12)2-1-3-15(20)18-13-8-9-17-10-14(13)19/h4-7,13-14,17,19H,1-3,8-10H2,(H,18,20)/t13-,14-/m1/s1. The van der Waals surface area contributed by atoms with Crippen molar-refractivity contribution >= 4 is 17.5 Å². The number of aliphatic hydroxyl groups excluding tert-OH is 1. The van der Waals surface area contributed by atoms with Crippen LogP contribution < -0.4 is 10.6 Å². The highest BCUT2D eigenvalue weighted by Gasteiger charge is 2.23. The summed E-state index contributed by atoms with van der Waals surface area (Å²) in [5.41, 5.74) is 1.18. The summed E-state index contributed by atoms with van der Waals surface area (Å²) >= 11 is 5.83. The van der Waals surface area contributed by atoms with Crippen LogP contribution in [0.3, 0.4) is 0 Å². The van der Waals surface area contributed by atoms with Gasteiger partial charge in [-0.2, -0.15) is 0 Å². The van der Waals surface area contributed by atoms with E-state index in [4.69, 9.17) is 11.6 Å². The van der Waals surface area contributed by atoms with Crippen LogP contribution in [0.15, 0.2) is 24.3 Å². The smallest absolute Gasteiger partial charge is 0.220 e. The second-order valence-electron chi connectivity index (χ2n) is 5.21. The third-order valence-electron chi connectivity index (χ3n) is 3.58. The van der Waals surface area contributed by atoms with Crippen LogP contribution >= 0.6 is 11.6 Å². The average Bonchev–Trinajstić information content (AvgIpc) is 2.44. The number of hydrogen-bond acceptors (Lipinski definition) is 3. The van der Waals surface area contributed by atoms with Crippen molar-refractivity contribution in [2.45, 2.75) is 37.8 Å². The number of rotatable bonds is 5. The van der Waals surface area contributed by atoms with E-state index in [0.29, 0.717) is 13.0 Å². The lowest BCUT2D eigenvalue weighted by Gasteiger charge is -2.29. The van der Waals surface area contributed by atoms with Crippen LogP contribution in [0.1, 0.15) is 24.8 Å². The van der Waals surface area contributed by atoms with Gasteiger partial charge in [0.05, 0.1) is 12.1 Å². The number of carbonyl (C=O) groups is 1. The normalized spacial score (nSPS) is 22.5. The number of hydrogen-bond donors (Lipinski definition) is 3. The van der Waals surface area contributed by atoms with Crippen LogP contribution in [0.25, 0.3) is 0 Å². The molecule has 1 heterocycles. The Kier molecular flexibility index (Phi) is 5.83. The molecule has 2 atom stereocenters. The fourth-order valence-electron chi connectivity index (χ4n) is 2.39. The minimum Gasteiger partial charge on any atom is -0.390 e. The Hall–Kier alpha value is -1.10. The molecule has 4 nitrogen and oxygen atoms in total. The second kappa shape index (κ2) is 7.62. The van der Waals surface area contributed by atoms with Crippen molar-refractivity contribution in [1.82, 2.24) is 10.6 Å². The number of nitrogens with one attached hydrogen (secondary N) is 2. The molecule has 0 spiro atoms. The van der Waals surface area contributed by atoms with Crippen molar-refractivity contribution in [3.63, 3.8) is 0 Å². The number of aryl methyl sites for hydroxylation is 1. The SMILES string of the molecule is O=C(CCCc1ccc(Cl)cc1)N[C@@H]1CCNC[C@H]1O. The fraction of sp³-hybridized carbons (Fsp3) is 0.533. The number of β-amino-alcohol motifs (C(OH)–C–C–N with tert-alkyl or cyclic N) is 1. The van der Waals surface area contributed by atoms with Gasteiger partial charge in [-0.1, -0.05) is 23.7 Å². The van der Waals surface area contributed by atoms with E-state index in [2.05, 4.69) is 10.6 Å². The van der Waals surface area contributed by atoms with Crippen LogP contribution in [0.4, 0.5) is 0 Å². The molecule has 2 rings (SSSR count). The quantitative estimate of drug-likeness (QED) is 0.772. The highest BCUT2D eigenvalue weighted by molar-refractivity contribution is 6.30. The van der Waals surface area contributed by atoms with Gasteiger partial charge in [-0.3, -0.25) is 4.79 Å². The van der Waals surface area contributed by atoms with E-state index in [-0.39, 0.29) is 11.9 Å². The molecule has 0 aromatic heterocycles. The first-order chi connectivity index (χ1) is 9.65. The minimum absolute atomic E-state index is 0.0184. The molecular formula is C15H21ClN2O2. The van der Waals surface area contributed by atoms with Crippen molar-refractivity contribution in [2.75, 3.05) is 13.1 Å². The molecule has 1 aliphatic rings. The van der Waals surface area contributed by atoms with E-state index in [1.54, 1.807) is 0 Å². The van der Waals surface area contributed by atoms with Gasteiger partial charge < -0.3 is 15.7 Å². The Labute approximate surface area is 124 Å². The molecule has 0 bridgehead atoms. The maximum absolute atomic E-state index is 11.8. The highest BCUT2D eigenvalue weighted by atomic mass is 35.5. The number of carbonyl (C=O) groups excluding carboxylic acids is 1. The topological polar surface area (TPSA) is 61.4 Å². The predicted octanol–water partition coefficient (Wildman–Crippen LogP) is 1.50. The Balaban J connectivity index is 1.68. The number of halogens is 1. The molecule has 3 N–H and O–H groups in total. The van der Waals surface area contributed by atoms with Crippen LogP contribution in [0, 0.1) is 0 Å². The van der Waals surface area contributed by atoms with Crippen LogP contribution in [0.2, 0.25) is 5.02 Å². The lowest BCUT2D eigenvalue weighted by molar-refractivity contribution is -0.123. The lowest BCUT2D eigenvalue weighted by Crippen LogP contribution is -2.52. The number of amides is 1. The molecule has 1 aromatic carbocycles. The Morgan fingerprint density at radius 3 is 2.85 bits per heavy atom. The van der Waals surface area contributed by atoms with E-state index >= 15 is 0 Å². The summed E-state index contributed by atoms with van der Waals surface area (Å²) in [7, 11) is 0. The Morgan fingerprint density at radius 1 is 1.40 bits per heavy atom. The van der Waals surface area contributed by atoms with Crippen LogP contribution in [0.5, 0.6) is 0 Å². The monoisotopic (exact) mass is 296 g/mol. The maximum Gasteiger partial charge on any atom is 0.220 e. The lowest BCUT2D eigenvalue weighted by atomic mass is 10.0. The first kappa shape index (κ1) is 15.3. The van der Waals surface area contributed by atoms with Crippen LogP contribution in [-0.4, -0.2) is 36.2 Å². The van der Waals surface area contributed by atoms with E-state index in [1.165, 1.54) is 5.56 Å². The van der Waals surface area contributed by atoms with Gasteiger partial charge in [0.2, 0.25) is 5.91 Å². The van der Waals surface area contributed by atoms with E-state index in [9.17, 15) is 9.90 Å². The summed E-state index contributed by atoms with van der Waals surface area (Å²) in [6.07, 6.45) is 2.45. The predicted molar refractivity (Wildman–Crippen MR) is 79.8 cm³/mol. The molecule has 1 fully saturated rings. The number of aliphatic hydroxyl groups is 1. The molecule has 0 unspecified atom stereocenters. The molecule has 110 valence electrons. The first-order valence-electron chi connectivity index (χ1n) is 7.08. The van der Waals surface area contributed by atoms with Gasteiger partial charge in [-0.05, 0) is 43.5 Å². The molecule has 0 radical (unpaired) electrons. The summed E-state index contributed by atoms with van der Waals surface area (Å²) in [6, 6.07) is 7.58. The zero-order chi connectivity index (χ0) is 14.4. The van der Waals surface area contributed by atoms with Crippen molar-refractivity contribution in [1.29, 1.82) is 0 Å². The number of piperidine rings is 1. The molecule has 1 aliphatic heterocycles. The molecule has 1 aromatic rings. The number of benzene rings is 1. The van der Waals surface area contributed by atoms with Gasteiger partial charge in [0, 0.05) is 18.0 Å². The van der Waals surface area contributed by atoms with Gasteiger partial charge in [-0.15, -0.1) is 0 Å². The molecular weight excluding hydrogens is 276 g/mol. The molecule has 0 aliphatic carbocycles. The van der Waals surface area contributed by atoms with E-state index < -0.39 is 6.10 Å². The zero-order valence-corrected chi connectivity index (χ0v) is 12.2. The molecule has 0 saturated carbocycles. The van der Waals surface area contributed by atoms with E-state index in [1.807, 2.05) is 24.3 Å². The average molecular weight is 297 g/mol. The third-order valence-corrected chi connectivity index (χ3v) is 3.83. The fourth-order valence-corrected chi connectivity index (χ4v) is 2.52. The Bertz CT molecular complexity index is 436. The van der Waals surface area contributed by atoms with Crippen molar-refractivity contribution in [2.24, 2.45) is 0 Å². The van der Waals surface area contributed by atoms with E-state index in [0.717, 1.165) is 30.8 Å². The molecule has 1 saturated heterocycles. The van der Waals surface area contributed by atoms with Gasteiger partial charge in [-0.25, -0.2) is 0 Å². The molecule has 1 amide bonds. The van der Waals surface area contributed by atoms with Crippen molar-refractivity contribution < 1.29 is 9.90 Å². The summed E-state index contributed by atoms with van der Waals surface area (Å²) in [5.74, 6) is 0.0184.